The van der Waals surface area contributed by atoms with Gasteiger partial charge in [0.2, 0.25) is 5.82 Å². The molecule has 0 aliphatic rings. The van der Waals surface area contributed by atoms with Crippen molar-refractivity contribution in [1.29, 1.82) is 0 Å². The van der Waals surface area contributed by atoms with E-state index in [4.69, 9.17) is 10.2 Å². The lowest BCUT2D eigenvalue weighted by atomic mass is 10.1. The molecule has 1 aromatic carbocycles. The highest BCUT2D eigenvalue weighted by Gasteiger charge is 2.23. The Kier molecular flexibility index (Phi) is 4.55. The van der Waals surface area contributed by atoms with Gasteiger partial charge in [0, 0.05) is 0 Å². The lowest BCUT2D eigenvalue weighted by molar-refractivity contribution is 0.0909. The number of hydrogen-bond acceptors (Lipinski definition) is 3. The largest absolute Gasteiger partial charge is 0.503 e. The van der Waals surface area contributed by atoms with Crippen LogP contribution in [0, 0.1) is 17.5 Å². The van der Waals surface area contributed by atoms with E-state index in [9.17, 15) is 18.0 Å². The van der Waals surface area contributed by atoms with Gasteiger partial charge in [0.1, 0.15) is 0 Å². The molecule has 0 aliphatic carbocycles. The number of phenols is 1. The molecule has 0 bridgehead atoms. The lowest BCUT2D eigenvalue weighted by Crippen LogP contribution is -2.37. The molecule has 0 heterocycles. The van der Waals surface area contributed by atoms with E-state index >= 15 is 0 Å². The third-order valence-electron chi connectivity index (χ3n) is 2.43. The zero-order valence-electron chi connectivity index (χ0n) is 9.51. The van der Waals surface area contributed by atoms with Crippen LogP contribution in [0.25, 0.3) is 0 Å². The second kappa shape index (κ2) is 5.72. The first-order valence-electron chi connectivity index (χ1n) is 5.20. The quantitative estimate of drug-likeness (QED) is 0.717. The summed E-state index contributed by atoms with van der Waals surface area (Å²) in [5.41, 5.74) is -0.821. The molecule has 100 valence electrons. The Labute approximate surface area is 101 Å². The molecule has 0 aromatic heterocycles. The van der Waals surface area contributed by atoms with Gasteiger partial charge in [-0.3, -0.25) is 4.79 Å². The van der Waals surface area contributed by atoms with Gasteiger partial charge < -0.3 is 15.5 Å². The summed E-state index contributed by atoms with van der Waals surface area (Å²) in [6, 6.07) is -0.281. The van der Waals surface area contributed by atoms with Gasteiger partial charge in [0.25, 0.3) is 5.91 Å². The Morgan fingerprint density at radius 2 is 2.00 bits per heavy atom. The number of carbonyl (C=O) groups is 1. The molecule has 0 radical (unpaired) electrons. The molecule has 0 saturated carbocycles. The number of halogens is 3. The molecule has 1 amide bonds. The van der Waals surface area contributed by atoms with Crippen LogP contribution in [0.1, 0.15) is 23.7 Å². The standard InChI is InChI=1S/C11H12F3NO3/c1-2-5(4-16)15-11(18)6-3-7(12)9(14)10(17)8(6)13/h3,5,16-17H,2,4H2,1H3,(H,15,18). The number of aliphatic hydroxyl groups is 1. The number of benzene rings is 1. The van der Waals surface area contributed by atoms with E-state index in [1.54, 1.807) is 6.92 Å². The molecule has 0 aliphatic heterocycles. The van der Waals surface area contributed by atoms with Gasteiger partial charge in [-0.1, -0.05) is 6.92 Å². The number of rotatable bonds is 4. The van der Waals surface area contributed by atoms with Crippen molar-refractivity contribution < 1.29 is 28.2 Å². The Morgan fingerprint density at radius 3 is 2.50 bits per heavy atom. The highest BCUT2D eigenvalue weighted by atomic mass is 19.2. The van der Waals surface area contributed by atoms with E-state index in [2.05, 4.69) is 5.32 Å². The average Bonchev–Trinajstić information content (AvgIpc) is 2.37. The summed E-state index contributed by atoms with van der Waals surface area (Å²) in [5.74, 6) is -7.41. The van der Waals surface area contributed by atoms with Crippen LogP contribution >= 0.6 is 0 Å². The Bertz CT molecular complexity index is 461. The average molecular weight is 263 g/mol. The van der Waals surface area contributed by atoms with Crippen LogP contribution in [-0.2, 0) is 0 Å². The summed E-state index contributed by atoms with van der Waals surface area (Å²) in [6.45, 7) is 1.29. The Balaban J connectivity index is 3.07. The number of hydrogen-bond donors (Lipinski definition) is 3. The summed E-state index contributed by atoms with van der Waals surface area (Å²) >= 11 is 0. The summed E-state index contributed by atoms with van der Waals surface area (Å²) in [7, 11) is 0. The minimum Gasteiger partial charge on any atom is -0.503 e. The molecule has 0 spiro atoms. The van der Waals surface area contributed by atoms with Crippen molar-refractivity contribution in [2.45, 2.75) is 19.4 Å². The van der Waals surface area contributed by atoms with Gasteiger partial charge >= 0.3 is 0 Å². The van der Waals surface area contributed by atoms with Crippen molar-refractivity contribution in [2.24, 2.45) is 0 Å². The summed E-state index contributed by atoms with van der Waals surface area (Å²) in [6.07, 6.45) is 0.375. The molecule has 18 heavy (non-hydrogen) atoms. The van der Waals surface area contributed by atoms with Gasteiger partial charge in [-0.25, -0.2) is 8.78 Å². The fourth-order valence-corrected chi connectivity index (χ4v) is 1.30. The van der Waals surface area contributed by atoms with E-state index in [0.29, 0.717) is 12.5 Å². The van der Waals surface area contributed by atoms with Crippen LogP contribution in [0.2, 0.25) is 0 Å². The minimum atomic E-state index is -1.75. The molecule has 1 atom stereocenters. The van der Waals surface area contributed by atoms with E-state index < -0.39 is 40.7 Å². The maximum Gasteiger partial charge on any atom is 0.254 e. The van der Waals surface area contributed by atoms with Crippen molar-refractivity contribution in [2.75, 3.05) is 6.61 Å². The van der Waals surface area contributed by atoms with Crippen molar-refractivity contribution >= 4 is 5.91 Å². The van der Waals surface area contributed by atoms with E-state index in [-0.39, 0.29) is 6.61 Å². The molecular formula is C11H12F3NO3. The predicted octanol–water partition coefficient (Wildman–Crippen LogP) is 1.31. The maximum atomic E-state index is 13.4. The SMILES string of the molecule is CCC(CO)NC(=O)c1cc(F)c(F)c(O)c1F. The van der Waals surface area contributed by atoms with Gasteiger partial charge in [0.05, 0.1) is 18.2 Å². The molecule has 4 nitrogen and oxygen atoms in total. The molecule has 1 unspecified atom stereocenters. The monoisotopic (exact) mass is 263 g/mol. The zero-order chi connectivity index (χ0) is 13.9. The van der Waals surface area contributed by atoms with Crippen molar-refractivity contribution in [3.05, 3.63) is 29.1 Å². The van der Waals surface area contributed by atoms with Crippen molar-refractivity contribution in [3.63, 3.8) is 0 Å². The molecule has 0 fully saturated rings. The highest BCUT2D eigenvalue weighted by Crippen LogP contribution is 2.25. The third kappa shape index (κ3) is 2.73. The number of phenolic OH excluding ortho intramolecular Hbond substituents is 1. The second-order valence-electron chi connectivity index (χ2n) is 3.64. The topological polar surface area (TPSA) is 69.6 Å². The van der Waals surface area contributed by atoms with Crippen LogP contribution in [0.15, 0.2) is 6.07 Å². The first-order valence-corrected chi connectivity index (χ1v) is 5.20. The minimum absolute atomic E-state index is 0.351. The van der Waals surface area contributed by atoms with Crippen molar-refractivity contribution in [3.8, 4) is 5.75 Å². The molecule has 3 N–H and O–H groups in total. The maximum absolute atomic E-state index is 13.4. The van der Waals surface area contributed by atoms with Gasteiger partial charge in [-0.05, 0) is 12.5 Å². The summed E-state index contributed by atoms with van der Waals surface area (Å²) < 4.78 is 39.1. The molecule has 0 saturated heterocycles. The number of aromatic hydroxyl groups is 1. The van der Waals surface area contributed by atoms with Gasteiger partial charge in [0.15, 0.2) is 17.4 Å². The van der Waals surface area contributed by atoms with Crippen LogP contribution in [0.3, 0.4) is 0 Å². The second-order valence-corrected chi connectivity index (χ2v) is 3.64. The fraction of sp³-hybridized carbons (Fsp3) is 0.364. The summed E-state index contributed by atoms with van der Waals surface area (Å²) in [5, 5.41) is 20.0. The van der Waals surface area contributed by atoms with Crippen LogP contribution in [0.4, 0.5) is 13.2 Å². The molecule has 1 aromatic rings. The van der Waals surface area contributed by atoms with Crippen molar-refractivity contribution in [1.82, 2.24) is 5.32 Å². The Hall–Kier alpha value is -1.76. The lowest BCUT2D eigenvalue weighted by Gasteiger charge is -2.14. The number of amides is 1. The van der Waals surface area contributed by atoms with Crippen LogP contribution in [0.5, 0.6) is 5.75 Å². The number of nitrogens with one attached hydrogen (secondary N) is 1. The zero-order valence-corrected chi connectivity index (χ0v) is 9.51. The van der Waals surface area contributed by atoms with Crippen LogP contribution < -0.4 is 5.32 Å². The predicted molar refractivity (Wildman–Crippen MR) is 56.6 cm³/mol. The van der Waals surface area contributed by atoms with Crippen LogP contribution in [-0.4, -0.2) is 28.8 Å². The number of aliphatic hydroxyl groups excluding tert-OH is 1. The molecule has 1 rings (SSSR count). The van der Waals surface area contributed by atoms with Gasteiger partial charge in [-0.15, -0.1) is 0 Å². The van der Waals surface area contributed by atoms with Gasteiger partial charge in [-0.2, -0.15) is 4.39 Å². The fourth-order valence-electron chi connectivity index (χ4n) is 1.30. The molecule has 7 heteroatoms. The van der Waals surface area contributed by atoms with E-state index in [1.807, 2.05) is 0 Å². The van der Waals surface area contributed by atoms with E-state index in [1.165, 1.54) is 0 Å². The third-order valence-corrected chi connectivity index (χ3v) is 2.43. The Morgan fingerprint density at radius 1 is 1.39 bits per heavy atom. The molecular weight excluding hydrogens is 251 g/mol. The van der Waals surface area contributed by atoms with E-state index in [0.717, 1.165) is 0 Å². The summed E-state index contributed by atoms with van der Waals surface area (Å²) in [4.78, 5) is 11.5. The number of carbonyl (C=O) groups excluding carboxylic acids is 1. The smallest absolute Gasteiger partial charge is 0.254 e. The first kappa shape index (κ1) is 14.3. The highest BCUT2D eigenvalue weighted by molar-refractivity contribution is 5.95. The first-order chi connectivity index (χ1) is 8.42. The normalized spacial score (nSPS) is 12.3.